The van der Waals surface area contributed by atoms with Crippen molar-refractivity contribution in [3.05, 3.63) is 18.0 Å². The molecule has 0 bridgehead atoms. The summed E-state index contributed by atoms with van der Waals surface area (Å²) in [6.07, 6.45) is 4.91. The molecule has 0 unspecified atom stereocenters. The van der Waals surface area contributed by atoms with Gasteiger partial charge in [-0.15, -0.1) is 0 Å². The molecule has 0 aliphatic rings. The molecule has 1 atom stereocenters. The summed E-state index contributed by atoms with van der Waals surface area (Å²) >= 11 is 0. The third kappa shape index (κ3) is 3.66. The Bertz CT molecular complexity index is 334. The van der Waals surface area contributed by atoms with Crippen molar-refractivity contribution in [3.63, 3.8) is 0 Å². The number of rotatable bonds is 6. The summed E-state index contributed by atoms with van der Waals surface area (Å²) in [5.41, 5.74) is 1.10. The van der Waals surface area contributed by atoms with E-state index in [0.717, 1.165) is 18.5 Å². The number of aromatic nitrogens is 2. The molecule has 0 aromatic carbocycles. The van der Waals surface area contributed by atoms with Crippen molar-refractivity contribution in [1.29, 1.82) is 0 Å². The Kier molecular flexibility index (Phi) is 4.98. The quantitative estimate of drug-likeness (QED) is 0.740. The van der Waals surface area contributed by atoms with E-state index in [-0.39, 0.29) is 11.9 Å². The van der Waals surface area contributed by atoms with Crippen LogP contribution in [0.4, 0.5) is 0 Å². The highest BCUT2D eigenvalue weighted by Gasteiger charge is 2.09. The second-order valence-electron chi connectivity index (χ2n) is 3.83. The molecule has 0 saturated heterocycles. The van der Waals surface area contributed by atoms with Gasteiger partial charge in [-0.3, -0.25) is 9.48 Å². The molecule has 5 nitrogen and oxygen atoms in total. The first-order chi connectivity index (χ1) is 7.67. The van der Waals surface area contributed by atoms with Crippen LogP contribution < -0.4 is 10.6 Å². The zero-order valence-electron chi connectivity index (χ0n) is 10.2. The standard InChI is InChI=1S/C11H20N4O/c1-4-5-15-8-10(7-14-15)6-13-9(2)11(16)12-3/h7-9,13H,4-6H2,1-3H3,(H,12,16)/t9-/m1/s1. The Hall–Kier alpha value is -1.36. The van der Waals surface area contributed by atoms with Gasteiger partial charge in [0, 0.05) is 31.9 Å². The third-order valence-electron chi connectivity index (χ3n) is 2.39. The summed E-state index contributed by atoms with van der Waals surface area (Å²) in [6.45, 7) is 5.56. The molecule has 0 aliphatic carbocycles. The lowest BCUT2D eigenvalue weighted by Gasteiger charge is -2.10. The number of aryl methyl sites for hydroxylation is 1. The lowest BCUT2D eigenvalue weighted by molar-refractivity contribution is -0.122. The van der Waals surface area contributed by atoms with E-state index in [4.69, 9.17) is 0 Å². The second kappa shape index (κ2) is 6.27. The first-order valence-electron chi connectivity index (χ1n) is 5.63. The van der Waals surface area contributed by atoms with Crippen LogP contribution in [-0.4, -0.2) is 28.8 Å². The zero-order valence-corrected chi connectivity index (χ0v) is 10.2. The molecule has 0 aliphatic heterocycles. The Morgan fingerprint density at radius 1 is 1.62 bits per heavy atom. The number of likely N-dealkylation sites (N-methyl/N-ethyl adjacent to an activating group) is 1. The van der Waals surface area contributed by atoms with Crippen molar-refractivity contribution >= 4 is 5.91 Å². The SMILES string of the molecule is CCCn1cc(CN[C@H](C)C(=O)NC)cn1. The molecule has 2 N–H and O–H groups in total. The molecule has 1 heterocycles. The van der Waals surface area contributed by atoms with Gasteiger partial charge in [0.2, 0.25) is 5.91 Å². The van der Waals surface area contributed by atoms with E-state index in [1.807, 2.05) is 24.0 Å². The van der Waals surface area contributed by atoms with Crippen LogP contribution >= 0.6 is 0 Å². The van der Waals surface area contributed by atoms with Crippen molar-refractivity contribution in [1.82, 2.24) is 20.4 Å². The second-order valence-corrected chi connectivity index (χ2v) is 3.83. The fraction of sp³-hybridized carbons (Fsp3) is 0.636. The van der Waals surface area contributed by atoms with Gasteiger partial charge in [-0.1, -0.05) is 6.92 Å². The van der Waals surface area contributed by atoms with Crippen LogP contribution in [0.5, 0.6) is 0 Å². The Labute approximate surface area is 96.2 Å². The molecule has 1 rings (SSSR count). The largest absolute Gasteiger partial charge is 0.358 e. The Morgan fingerprint density at radius 2 is 2.38 bits per heavy atom. The molecule has 0 fully saturated rings. The van der Waals surface area contributed by atoms with Crippen LogP contribution in [0, 0.1) is 0 Å². The monoisotopic (exact) mass is 224 g/mol. The maximum absolute atomic E-state index is 11.2. The minimum absolute atomic E-state index is 0.000880. The molecule has 16 heavy (non-hydrogen) atoms. The van der Waals surface area contributed by atoms with E-state index < -0.39 is 0 Å². The number of carbonyl (C=O) groups excluding carboxylic acids is 1. The van der Waals surface area contributed by atoms with E-state index in [1.54, 1.807) is 7.05 Å². The van der Waals surface area contributed by atoms with Gasteiger partial charge in [0.25, 0.3) is 0 Å². The number of nitrogens with zero attached hydrogens (tertiary/aromatic N) is 2. The van der Waals surface area contributed by atoms with Crippen LogP contribution in [0.1, 0.15) is 25.8 Å². The molecule has 0 radical (unpaired) electrons. The lowest BCUT2D eigenvalue weighted by atomic mass is 10.3. The fourth-order valence-electron chi connectivity index (χ4n) is 1.43. The van der Waals surface area contributed by atoms with Crippen molar-refractivity contribution in [2.24, 2.45) is 0 Å². The van der Waals surface area contributed by atoms with Gasteiger partial charge < -0.3 is 10.6 Å². The fourth-order valence-corrected chi connectivity index (χ4v) is 1.43. The predicted octanol–water partition coefficient (Wildman–Crippen LogP) is 0.517. The van der Waals surface area contributed by atoms with Gasteiger partial charge in [-0.05, 0) is 13.3 Å². The molecule has 1 aromatic rings. The first kappa shape index (κ1) is 12.7. The summed E-state index contributed by atoms with van der Waals surface area (Å²) in [4.78, 5) is 11.2. The van der Waals surface area contributed by atoms with Crippen LogP contribution in [0.25, 0.3) is 0 Å². The van der Waals surface area contributed by atoms with Gasteiger partial charge in [0.1, 0.15) is 0 Å². The van der Waals surface area contributed by atoms with Gasteiger partial charge in [0.05, 0.1) is 12.2 Å². The maximum atomic E-state index is 11.2. The molecule has 0 saturated carbocycles. The number of amides is 1. The van der Waals surface area contributed by atoms with Gasteiger partial charge in [-0.2, -0.15) is 5.10 Å². The minimum atomic E-state index is -0.181. The summed E-state index contributed by atoms with van der Waals surface area (Å²) < 4.78 is 1.92. The van der Waals surface area contributed by atoms with Crippen LogP contribution in [-0.2, 0) is 17.9 Å². The minimum Gasteiger partial charge on any atom is -0.358 e. The molecule has 90 valence electrons. The van der Waals surface area contributed by atoms with Gasteiger partial charge in [0.15, 0.2) is 0 Å². The Morgan fingerprint density at radius 3 is 3.00 bits per heavy atom. The first-order valence-corrected chi connectivity index (χ1v) is 5.63. The third-order valence-corrected chi connectivity index (χ3v) is 2.39. The Balaban J connectivity index is 2.39. The van der Waals surface area contributed by atoms with Crippen molar-refractivity contribution < 1.29 is 4.79 Å². The van der Waals surface area contributed by atoms with Gasteiger partial charge in [-0.25, -0.2) is 0 Å². The highest BCUT2D eigenvalue weighted by Crippen LogP contribution is 1.99. The topological polar surface area (TPSA) is 59.0 Å². The number of nitrogens with one attached hydrogen (secondary N) is 2. The summed E-state index contributed by atoms with van der Waals surface area (Å²) in [5, 5.41) is 9.97. The number of hydrogen-bond acceptors (Lipinski definition) is 3. The lowest BCUT2D eigenvalue weighted by Crippen LogP contribution is -2.40. The van der Waals surface area contributed by atoms with Crippen LogP contribution in [0.3, 0.4) is 0 Å². The van der Waals surface area contributed by atoms with Gasteiger partial charge >= 0.3 is 0 Å². The van der Waals surface area contributed by atoms with Crippen molar-refractivity contribution in [2.45, 2.75) is 39.4 Å². The number of carbonyl (C=O) groups is 1. The van der Waals surface area contributed by atoms with Crippen LogP contribution in [0.2, 0.25) is 0 Å². The molecular weight excluding hydrogens is 204 g/mol. The predicted molar refractivity (Wildman–Crippen MR) is 62.9 cm³/mol. The number of hydrogen-bond donors (Lipinski definition) is 2. The summed E-state index contributed by atoms with van der Waals surface area (Å²) in [6, 6.07) is -0.181. The average molecular weight is 224 g/mol. The molecule has 0 spiro atoms. The normalized spacial score (nSPS) is 12.4. The zero-order chi connectivity index (χ0) is 12.0. The highest BCUT2D eigenvalue weighted by atomic mass is 16.2. The van der Waals surface area contributed by atoms with E-state index in [0.29, 0.717) is 6.54 Å². The highest BCUT2D eigenvalue weighted by molar-refractivity contribution is 5.80. The maximum Gasteiger partial charge on any atom is 0.236 e. The van der Waals surface area contributed by atoms with E-state index in [9.17, 15) is 4.79 Å². The van der Waals surface area contributed by atoms with E-state index in [2.05, 4.69) is 22.7 Å². The van der Waals surface area contributed by atoms with E-state index in [1.165, 1.54) is 0 Å². The molecule has 1 amide bonds. The summed E-state index contributed by atoms with van der Waals surface area (Å²) in [7, 11) is 1.64. The van der Waals surface area contributed by atoms with E-state index >= 15 is 0 Å². The van der Waals surface area contributed by atoms with Crippen LogP contribution in [0.15, 0.2) is 12.4 Å². The molecule has 1 aromatic heterocycles. The molecule has 5 heteroatoms. The molecular formula is C11H20N4O. The average Bonchev–Trinajstić information content (AvgIpc) is 2.73. The smallest absolute Gasteiger partial charge is 0.236 e. The van der Waals surface area contributed by atoms with Crippen molar-refractivity contribution in [2.75, 3.05) is 7.05 Å². The summed E-state index contributed by atoms with van der Waals surface area (Å²) in [5.74, 6) is 0.000880. The van der Waals surface area contributed by atoms with Crippen molar-refractivity contribution in [3.8, 4) is 0 Å².